The van der Waals surface area contributed by atoms with Crippen LogP contribution in [0.15, 0.2) is 42.5 Å². The summed E-state index contributed by atoms with van der Waals surface area (Å²) in [6.07, 6.45) is 6.19. The van der Waals surface area contributed by atoms with Gasteiger partial charge < -0.3 is 5.11 Å². The minimum Gasteiger partial charge on any atom is -0.508 e. The molecule has 0 heterocycles. The highest BCUT2D eigenvalue weighted by Gasteiger charge is 2.53. The van der Waals surface area contributed by atoms with E-state index in [-0.39, 0.29) is 5.41 Å². The summed E-state index contributed by atoms with van der Waals surface area (Å²) in [6.45, 7) is 16.1. The highest BCUT2D eigenvalue weighted by atomic mass is 28.3. The van der Waals surface area contributed by atoms with E-state index in [4.69, 9.17) is 0 Å². The number of rotatable bonds is 4. The molecule has 2 aromatic carbocycles. The molecule has 166 valence electrons. The molecule has 4 unspecified atom stereocenters. The Morgan fingerprint density at radius 1 is 1.06 bits per heavy atom. The van der Waals surface area contributed by atoms with Crippen LogP contribution >= 0.6 is 0 Å². The molecule has 0 radical (unpaired) electrons. The zero-order valence-electron chi connectivity index (χ0n) is 20.5. The second-order valence-corrected chi connectivity index (χ2v) is 16.2. The second-order valence-electron chi connectivity index (χ2n) is 11.2. The van der Waals surface area contributed by atoms with Crippen molar-refractivity contribution in [3.63, 3.8) is 0 Å². The van der Waals surface area contributed by atoms with Crippen LogP contribution in [0.4, 0.5) is 0 Å². The summed E-state index contributed by atoms with van der Waals surface area (Å²) < 4.78 is 0. The smallest absolute Gasteiger partial charge is 0.118 e. The van der Waals surface area contributed by atoms with Crippen molar-refractivity contribution in [2.24, 2.45) is 11.8 Å². The number of hydrogen-bond donors (Lipinski definition) is 1. The Morgan fingerprint density at radius 3 is 2.39 bits per heavy atom. The van der Waals surface area contributed by atoms with Crippen molar-refractivity contribution in [2.75, 3.05) is 0 Å². The molecular formula is C29H40OSi. The van der Waals surface area contributed by atoms with Gasteiger partial charge in [-0.3, -0.25) is 0 Å². The normalized spacial score (nSPS) is 25.4. The first-order valence-corrected chi connectivity index (χ1v) is 14.7. The molecule has 1 saturated carbocycles. The summed E-state index contributed by atoms with van der Waals surface area (Å²) in [4.78, 5) is 0. The molecule has 0 amide bonds. The average molecular weight is 433 g/mol. The molecule has 2 aliphatic carbocycles. The maximum atomic E-state index is 11.6. The third-order valence-electron chi connectivity index (χ3n) is 8.54. The van der Waals surface area contributed by atoms with Gasteiger partial charge in [-0.15, -0.1) is 0 Å². The van der Waals surface area contributed by atoms with Crippen molar-refractivity contribution in [3.8, 4) is 5.75 Å². The van der Waals surface area contributed by atoms with E-state index < -0.39 is 8.07 Å². The third-order valence-corrected chi connectivity index (χ3v) is 14.6. The molecule has 31 heavy (non-hydrogen) atoms. The van der Waals surface area contributed by atoms with E-state index in [0.29, 0.717) is 29.0 Å². The predicted octanol–water partition coefficient (Wildman–Crippen LogP) is 7.53. The number of hydrogen-bond acceptors (Lipinski definition) is 1. The van der Waals surface area contributed by atoms with Crippen LogP contribution < -0.4 is 5.19 Å². The Bertz CT molecular complexity index is 992. The molecule has 4 atom stereocenters. The standard InChI is InChI=1S/C29H40OSi/c1-8-31(9-2,26-17-19(3)16-24(28(26)30)29(5,6)7)25-18-20(4)27-22-13-11-10-12-21(22)14-15-23(25)27/h10-17,20,23,25,27,30H,8-9,18H2,1-7H3. The van der Waals surface area contributed by atoms with Crippen LogP contribution in [-0.4, -0.2) is 13.2 Å². The van der Waals surface area contributed by atoms with Crippen molar-refractivity contribution >= 4 is 19.3 Å². The Morgan fingerprint density at radius 2 is 1.74 bits per heavy atom. The highest BCUT2D eigenvalue weighted by Crippen LogP contribution is 2.59. The molecule has 2 aliphatic rings. The summed E-state index contributed by atoms with van der Waals surface area (Å²) >= 11 is 0. The summed E-state index contributed by atoms with van der Waals surface area (Å²) in [7, 11) is -1.95. The van der Waals surface area contributed by atoms with Crippen LogP contribution in [-0.2, 0) is 5.41 Å². The van der Waals surface area contributed by atoms with Crippen LogP contribution in [0.2, 0.25) is 17.6 Å². The lowest BCUT2D eigenvalue weighted by Crippen LogP contribution is -2.52. The molecule has 4 rings (SSSR count). The minimum atomic E-state index is -1.95. The Kier molecular flexibility index (Phi) is 5.75. The van der Waals surface area contributed by atoms with E-state index in [9.17, 15) is 5.11 Å². The number of aryl methyl sites for hydroxylation is 1. The van der Waals surface area contributed by atoms with Crippen molar-refractivity contribution in [3.05, 3.63) is 64.7 Å². The van der Waals surface area contributed by atoms with Gasteiger partial charge in [0.1, 0.15) is 5.75 Å². The lowest BCUT2D eigenvalue weighted by atomic mass is 9.78. The van der Waals surface area contributed by atoms with Crippen LogP contribution in [0.1, 0.15) is 76.1 Å². The first-order chi connectivity index (χ1) is 14.6. The van der Waals surface area contributed by atoms with Gasteiger partial charge in [-0.1, -0.05) is 108 Å². The van der Waals surface area contributed by atoms with Gasteiger partial charge in [-0.2, -0.15) is 0 Å². The summed E-state index contributed by atoms with van der Waals surface area (Å²) in [5.74, 6) is 2.49. The van der Waals surface area contributed by atoms with Crippen LogP contribution in [0.3, 0.4) is 0 Å². The molecule has 1 fully saturated rings. The van der Waals surface area contributed by atoms with Crippen molar-refractivity contribution in [1.82, 2.24) is 0 Å². The van der Waals surface area contributed by atoms with Crippen molar-refractivity contribution < 1.29 is 5.11 Å². The van der Waals surface area contributed by atoms with Gasteiger partial charge in [-0.05, 0) is 63.9 Å². The number of phenolic OH excluding ortho intramolecular Hbond substituents is 1. The maximum absolute atomic E-state index is 11.6. The zero-order chi connectivity index (χ0) is 22.6. The maximum Gasteiger partial charge on any atom is 0.118 e. The molecule has 0 aliphatic heterocycles. The summed E-state index contributed by atoms with van der Waals surface area (Å²) in [6, 6.07) is 16.0. The van der Waals surface area contributed by atoms with Crippen LogP contribution in [0.25, 0.3) is 6.08 Å². The van der Waals surface area contributed by atoms with Gasteiger partial charge in [-0.25, -0.2) is 0 Å². The largest absolute Gasteiger partial charge is 0.508 e. The lowest BCUT2D eigenvalue weighted by molar-refractivity contribution is 0.449. The molecule has 0 spiro atoms. The number of phenols is 1. The molecule has 0 aromatic heterocycles. The Balaban J connectivity index is 1.87. The molecule has 2 heteroatoms. The monoisotopic (exact) mass is 432 g/mol. The Labute approximate surface area is 190 Å². The number of aromatic hydroxyl groups is 1. The first-order valence-electron chi connectivity index (χ1n) is 12.3. The fraction of sp³-hybridized carbons (Fsp3) is 0.517. The van der Waals surface area contributed by atoms with E-state index in [1.165, 1.54) is 34.8 Å². The fourth-order valence-corrected chi connectivity index (χ4v) is 12.7. The van der Waals surface area contributed by atoms with Crippen LogP contribution in [0, 0.1) is 18.8 Å². The molecule has 2 aromatic rings. The second kappa shape index (κ2) is 7.96. The molecular weight excluding hydrogens is 392 g/mol. The van der Waals surface area contributed by atoms with Gasteiger partial charge in [0, 0.05) is 0 Å². The van der Waals surface area contributed by atoms with Gasteiger partial charge in [0.25, 0.3) is 0 Å². The van der Waals surface area contributed by atoms with E-state index in [0.717, 1.165) is 5.56 Å². The van der Waals surface area contributed by atoms with E-state index >= 15 is 0 Å². The van der Waals surface area contributed by atoms with E-state index in [1.807, 2.05) is 0 Å². The number of benzene rings is 2. The summed E-state index contributed by atoms with van der Waals surface area (Å²) in [5, 5.41) is 13.0. The van der Waals surface area contributed by atoms with E-state index in [2.05, 4.69) is 97.0 Å². The topological polar surface area (TPSA) is 20.2 Å². The van der Waals surface area contributed by atoms with E-state index in [1.54, 1.807) is 5.56 Å². The lowest BCUT2D eigenvalue weighted by Gasteiger charge is -2.42. The van der Waals surface area contributed by atoms with Crippen LogP contribution in [0.5, 0.6) is 5.75 Å². The third kappa shape index (κ3) is 3.52. The van der Waals surface area contributed by atoms with Gasteiger partial charge >= 0.3 is 0 Å². The quantitative estimate of drug-likeness (QED) is 0.495. The SMILES string of the molecule is CC[Si](CC)(c1cc(C)cc(C(C)(C)C)c1O)C1CC(C)C2c3ccccc3C=CC21. The molecule has 0 saturated heterocycles. The predicted molar refractivity (Wildman–Crippen MR) is 137 cm³/mol. The minimum absolute atomic E-state index is 0.0539. The van der Waals surface area contributed by atoms with Crippen molar-refractivity contribution in [1.29, 1.82) is 0 Å². The summed E-state index contributed by atoms with van der Waals surface area (Å²) in [5.41, 5.74) is 5.99. The average Bonchev–Trinajstić information content (AvgIpc) is 3.08. The molecule has 0 bridgehead atoms. The van der Waals surface area contributed by atoms with Gasteiger partial charge in [0.2, 0.25) is 0 Å². The van der Waals surface area contributed by atoms with Gasteiger partial charge in [0.05, 0.1) is 8.07 Å². The molecule has 1 nitrogen and oxygen atoms in total. The van der Waals surface area contributed by atoms with Crippen molar-refractivity contribution in [2.45, 2.75) is 83.8 Å². The fourth-order valence-electron chi connectivity index (χ4n) is 6.96. The number of fused-ring (bicyclic) bond motifs is 3. The van der Waals surface area contributed by atoms with Gasteiger partial charge in [0.15, 0.2) is 0 Å². The zero-order valence-corrected chi connectivity index (χ0v) is 21.5. The molecule has 1 N–H and O–H groups in total. The number of allylic oxidation sites excluding steroid dienone is 1. The Hall–Kier alpha value is -1.80. The highest BCUT2D eigenvalue weighted by molar-refractivity contribution is 6.93. The first kappa shape index (κ1) is 22.4.